The van der Waals surface area contributed by atoms with Gasteiger partial charge in [-0.2, -0.15) is 0 Å². The van der Waals surface area contributed by atoms with Crippen molar-refractivity contribution >= 4 is 0 Å². The minimum absolute atomic E-state index is 0.256. The van der Waals surface area contributed by atoms with E-state index in [9.17, 15) is 8.78 Å². The van der Waals surface area contributed by atoms with Gasteiger partial charge in [0.15, 0.2) is 0 Å². The topological polar surface area (TPSA) is 35.2 Å². The van der Waals surface area contributed by atoms with E-state index in [2.05, 4.69) is 13.8 Å². The fourth-order valence-corrected chi connectivity index (χ4v) is 2.42. The van der Waals surface area contributed by atoms with Crippen LogP contribution in [-0.2, 0) is 6.42 Å². The second-order valence-electron chi connectivity index (χ2n) is 6.15. The zero-order valence-corrected chi connectivity index (χ0v) is 13.6. The Balaban J connectivity index is 2.08. The Labute approximate surface area is 136 Å². The number of benzene rings is 2. The second-order valence-corrected chi connectivity index (χ2v) is 6.15. The molecule has 2 aromatic carbocycles. The molecule has 0 aliphatic rings. The minimum atomic E-state index is -0.447. The summed E-state index contributed by atoms with van der Waals surface area (Å²) in [5, 5.41) is 0. The highest BCUT2D eigenvalue weighted by atomic mass is 19.1. The fraction of sp³-hybridized carbons (Fsp3) is 0.368. The Hall–Kier alpha value is -1.94. The van der Waals surface area contributed by atoms with Crippen LogP contribution in [0.25, 0.3) is 0 Å². The van der Waals surface area contributed by atoms with Crippen molar-refractivity contribution in [3.8, 4) is 5.75 Å². The van der Waals surface area contributed by atoms with Gasteiger partial charge < -0.3 is 10.5 Å². The summed E-state index contributed by atoms with van der Waals surface area (Å²) >= 11 is 0. The van der Waals surface area contributed by atoms with Gasteiger partial charge in [0.2, 0.25) is 0 Å². The maximum Gasteiger partial charge on any atom is 0.126 e. The summed E-state index contributed by atoms with van der Waals surface area (Å²) < 4.78 is 32.9. The van der Waals surface area contributed by atoms with Crippen molar-refractivity contribution in [1.29, 1.82) is 0 Å². The third kappa shape index (κ3) is 5.03. The highest BCUT2D eigenvalue weighted by molar-refractivity contribution is 5.30. The molecular weight excluding hydrogens is 296 g/mol. The van der Waals surface area contributed by atoms with Gasteiger partial charge in [-0.1, -0.05) is 26.0 Å². The molecule has 23 heavy (non-hydrogen) atoms. The van der Waals surface area contributed by atoms with Crippen LogP contribution in [-0.4, -0.2) is 13.2 Å². The number of nitrogens with two attached hydrogens (primary N) is 1. The van der Waals surface area contributed by atoms with Crippen LogP contribution in [0.15, 0.2) is 42.5 Å². The van der Waals surface area contributed by atoms with Gasteiger partial charge >= 0.3 is 0 Å². The average Bonchev–Trinajstić information content (AvgIpc) is 2.54. The largest absolute Gasteiger partial charge is 0.493 e. The van der Waals surface area contributed by atoms with Crippen LogP contribution in [0.4, 0.5) is 8.78 Å². The van der Waals surface area contributed by atoms with Crippen molar-refractivity contribution in [2.75, 3.05) is 13.2 Å². The molecule has 0 saturated carbocycles. The molecule has 0 aliphatic heterocycles. The van der Waals surface area contributed by atoms with E-state index in [1.807, 2.05) is 24.3 Å². The van der Waals surface area contributed by atoms with E-state index in [-0.39, 0.29) is 12.5 Å². The first kappa shape index (κ1) is 17.4. The summed E-state index contributed by atoms with van der Waals surface area (Å²) in [5.74, 6) is 0.153. The molecule has 0 spiro atoms. The predicted octanol–water partition coefficient (Wildman–Crippen LogP) is 4.28. The maximum atomic E-state index is 13.9. The van der Waals surface area contributed by atoms with Gasteiger partial charge in [-0.05, 0) is 60.3 Å². The Bertz CT molecular complexity index is 626. The first-order valence-corrected chi connectivity index (χ1v) is 7.86. The van der Waals surface area contributed by atoms with Crippen molar-refractivity contribution in [3.05, 3.63) is 65.2 Å². The molecule has 0 amide bonds. The maximum absolute atomic E-state index is 13.9. The Morgan fingerprint density at radius 2 is 1.74 bits per heavy atom. The summed E-state index contributed by atoms with van der Waals surface area (Å²) in [6.45, 7) is 5.10. The van der Waals surface area contributed by atoms with Gasteiger partial charge in [-0.25, -0.2) is 8.78 Å². The molecule has 0 fully saturated rings. The minimum Gasteiger partial charge on any atom is -0.493 e. The Morgan fingerprint density at radius 3 is 2.35 bits per heavy atom. The van der Waals surface area contributed by atoms with E-state index in [0.717, 1.165) is 23.4 Å². The van der Waals surface area contributed by atoms with Crippen LogP contribution in [0.1, 0.15) is 30.9 Å². The smallest absolute Gasteiger partial charge is 0.126 e. The molecule has 2 N–H and O–H groups in total. The van der Waals surface area contributed by atoms with Crippen molar-refractivity contribution in [2.45, 2.75) is 26.2 Å². The third-order valence-corrected chi connectivity index (χ3v) is 3.67. The molecule has 0 bridgehead atoms. The lowest BCUT2D eigenvalue weighted by atomic mass is 9.91. The highest BCUT2D eigenvalue weighted by Gasteiger charge is 2.16. The molecule has 2 aromatic rings. The van der Waals surface area contributed by atoms with Gasteiger partial charge in [-0.3, -0.25) is 0 Å². The van der Waals surface area contributed by atoms with Gasteiger partial charge in [0, 0.05) is 5.92 Å². The SMILES string of the molecule is CC(C)COc1ccc(CC(CN)c2cc(F)ccc2F)cc1. The normalized spacial score (nSPS) is 12.4. The summed E-state index contributed by atoms with van der Waals surface area (Å²) in [4.78, 5) is 0. The summed E-state index contributed by atoms with van der Waals surface area (Å²) in [6.07, 6.45) is 0.557. The van der Waals surface area contributed by atoms with Gasteiger partial charge in [0.1, 0.15) is 17.4 Å². The van der Waals surface area contributed by atoms with E-state index < -0.39 is 11.6 Å². The lowest BCUT2D eigenvalue weighted by Crippen LogP contribution is -2.16. The van der Waals surface area contributed by atoms with E-state index in [0.29, 0.717) is 24.5 Å². The standard InChI is InChI=1S/C19H23F2NO/c1-13(2)12-23-17-6-3-14(4-7-17)9-15(11-22)18-10-16(20)5-8-19(18)21/h3-8,10,13,15H,9,11-12,22H2,1-2H3. The van der Waals surface area contributed by atoms with Crippen LogP contribution in [0.5, 0.6) is 5.75 Å². The molecule has 124 valence electrons. The van der Waals surface area contributed by atoms with E-state index in [1.54, 1.807) is 0 Å². The summed E-state index contributed by atoms with van der Waals surface area (Å²) in [5.41, 5.74) is 7.11. The predicted molar refractivity (Wildman–Crippen MR) is 88.6 cm³/mol. The van der Waals surface area contributed by atoms with E-state index in [1.165, 1.54) is 6.07 Å². The molecule has 1 unspecified atom stereocenters. The third-order valence-electron chi connectivity index (χ3n) is 3.67. The lowest BCUT2D eigenvalue weighted by Gasteiger charge is -2.17. The number of halogens is 2. The fourth-order valence-electron chi connectivity index (χ4n) is 2.42. The molecule has 2 nitrogen and oxygen atoms in total. The van der Waals surface area contributed by atoms with Gasteiger partial charge in [0.25, 0.3) is 0 Å². The molecule has 2 rings (SSSR count). The van der Waals surface area contributed by atoms with Crippen LogP contribution >= 0.6 is 0 Å². The van der Waals surface area contributed by atoms with E-state index >= 15 is 0 Å². The molecule has 0 saturated heterocycles. The number of ether oxygens (including phenoxy) is 1. The van der Waals surface area contributed by atoms with Crippen molar-refractivity contribution < 1.29 is 13.5 Å². The highest BCUT2D eigenvalue weighted by Crippen LogP contribution is 2.24. The quantitative estimate of drug-likeness (QED) is 0.826. The zero-order chi connectivity index (χ0) is 16.8. The van der Waals surface area contributed by atoms with Crippen molar-refractivity contribution in [1.82, 2.24) is 0 Å². The molecule has 0 aromatic heterocycles. The first-order valence-electron chi connectivity index (χ1n) is 7.86. The van der Waals surface area contributed by atoms with Crippen LogP contribution in [0.3, 0.4) is 0 Å². The zero-order valence-electron chi connectivity index (χ0n) is 13.6. The molecule has 0 radical (unpaired) electrons. The molecule has 4 heteroatoms. The van der Waals surface area contributed by atoms with Crippen LogP contribution in [0.2, 0.25) is 0 Å². The number of rotatable bonds is 7. The number of hydrogen-bond acceptors (Lipinski definition) is 2. The monoisotopic (exact) mass is 319 g/mol. The van der Waals surface area contributed by atoms with Gasteiger partial charge in [-0.15, -0.1) is 0 Å². The van der Waals surface area contributed by atoms with Crippen LogP contribution < -0.4 is 10.5 Å². The molecule has 1 atom stereocenters. The van der Waals surface area contributed by atoms with Crippen molar-refractivity contribution in [3.63, 3.8) is 0 Å². The second kappa shape index (κ2) is 8.06. The van der Waals surface area contributed by atoms with Crippen LogP contribution in [0, 0.1) is 17.6 Å². The number of hydrogen-bond donors (Lipinski definition) is 1. The van der Waals surface area contributed by atoms with Crippen molar-refractivity contribution in [2.24, 2.45) is 11.7 Å². The molecular formula is C19H23F2NO. The Kier molecular flexibility index (Phi) is 6.11. The average molecular weight is 319 g/mol. The lowest BCUT2D eigenvalue weighted by molar-refractivity contribution is 0.271. The first-order chi connectivity index (χ1) is 11.0. The van der Waals surface area contributed by atoms with E-state index in [4.69, 9.17) is 10.5 Å². The van der Waals surface area contributed by atoms with Gasteiger partial charge in [0.05, 0.1) is 6.61 Å². The summed E-state index contributed by atoms with van der Waals surface area (Å²) in [7, 11) is 0. The summed E-state index contributed by atoms with van der Waals surface area (Å²) in [6, 6.07) is 11.2. The molecule has 0 aliphatic carbocycles. The molecule has 0 heterocycles. The Morgan fingerprint density at radius 1 is 1.04 bits per heavy atom.